The summed E-state index contributed by atoms with van der Waals surface area (Å²) < 4.78 is 5.13. The molecule has 1 aromatic rings. The van der Waals surface area contributed by atoms with Crippen molar-refractivity contribution in [2.45, 2.75) is 0 Å². The topological polar surface area (TPSA) is 73.6 Å². The molecule has 0 bridgehead atoms. The van der Waals surface area contributed by atoms with Gasteiger partial charge in [-0.1, -0.05) is 0 Å². The largest absolute Gasteiger partial charge is 0.508 e. The van der Waals surface area contributed by atoms with Gasteiger partial charge < -0.3 is 9.84 Å². The van der Waals surface area contributed by atoms with E-state index in [1.807, 2.05) is 6.07 Å². The van der Waals surface area contributed by atoms with Crippen molar-refractivity contribution in [3.63, 3.8) is 0 Å². The third kappa shape index (κ3) is 1.57. The Labute approximate surface area is 86.1 Å². The lowest BCUT2D eigenvalue weighted by atomic mass is 10.2. The molecular formula is C10H8N2O3. The fourth-order valence-electron chi connectivity index (χ4n) is 1.44. The SMILES string of the molecule is N#CCN1C(=O)COc2cc(O)ccc21. The minimum Gasteiger partial charge on any atom is -0.508 e. The molecule has 15 heavy (non-hydrogen) atoms. The summed E-state index contributed by atoms with van der Waals surface area (Å²) in [5, 5.41) is 17.8. The molecule has 1 heterocycles. The lowest BCUT2D eigenvalue weighted by Crippen LogP contribution is -2.38. The van der Waals surface area contributed by atoms with Crippen LogP contribution in [0.5, 0.6) is 11.5 Å². The number of aromatic hydroxyl groups is 1. The maximum atomic E-state index is 11.4. The third-order valence-corrected chi connectivity index (χ3v) is 2.12. The maximum absolute atomic E-state index is 11.4. The highest BCUT2D eigenvalue weighted by Gasteiger charge is 2.25. The zero-order chi connectivity index (χ0) is 10.8. The van der Waals surface area contributed by atoms with E-state index in [9.17, 15) is 9.90 Å². The van der Waals surface area contributed by atoms with Crippen molar-refractivity contribution in [1.82, 2.24) is 0 Å². The lowest BCUT2D eigenvalue weighted by molar-refractivity contribution is -0.121. The van der Waals surface area contributed by atoms with Crippen LogP contribution >= 0.6 is 0 Å². The Balaban J connectivity index is 2.44. The number of fused-ring (bicyclic) bond motifs is 1. The van der Waals surface area contributed by atoms with Gasteiger partial charge in [-0.3, -0.25) is 9.69 Å². The maximum Gasteiger partial charge on any atom is 0.265 e. The molecule has 1 aromatic carbocycles. The van der Waals surface area contributed by atoms with Crippen LogP contribution in [0, 0.1) is 11.3 Å². The standard InChI is InChI=1S/C10H8N2O3/c11-3-4-12-8-2-1-7(13)5-9(8)15-6-10(12)14/h1-2,5,13H,4,6H2. The molecule has 0 fully saturated rings. The lowest BCUT2D eigenvalue weighted by Gasteiger charge is -2.27. The molecule has 0 saturated carbocycles. The number of carbonyl (C=O) groups is 1. The summed E-state index contributed by atoms with van der Waals surface area (Å²) in [4.78, 5) is 12.8. The number of rotatable bonds is 1. The van der Waals surface area contributed by atoms with Gasteiger partial charge in [0.1, 0.15) is 18.0 Å². The van der Waals surface area contributed by atoms with Gasteiger partial charge in [0, 0.05) is 6.07 Å². The Kier molecular flexibility index (Phi) is 2.18. The van der Waals surface area contributed by atoms with Gasteiger partial charge in [-0.05, 0) is 12.1 Å². The van der Waals surface area contributed by atoms with Crippen molar-refractivity contribution in [3.05, 3.63) is 18.2 Å². The first-order chi connectivity index (χ1) is 7.22. The zero-order valence-electron chi connectivity index (χ0n) is 7.80. The number of ether oxygens (including phenoxy) is 1. The van der Waals surface area contributed by atoms with E-state index in [-0.39, 0.29) is 24.8 Å². The molecule has 5 heteroatoms. The Morgan fingerprint density at radius 3 is 3.13 bits per heavy atom. The van der Waals surface area contributed by atoms with Crippen LogP contribution in [0.2, 0.25) is 0 Å². The first-order valence-electron chi connectivity index (χ1n) is 4.35. The Morgan fingerprint density at radius 2 is 2.40 bits per heavy atom. The first-order valence-corrected chi connectivity index (χ1v) is 4.35. The number of benzene rings is 1. The average molecular weight is 204 g/mol. The van der Waals surface area contributed by atoms with Gasteiger partial charge in [0.25, 0.3) is 5.91 Å². The second kappa shape index (κ2) is 3.50. The minimum absolute atomic E-state index is 0.0139. The Hall–Kier alpha value is -2.22. The number of hydrogen-bond acceptors (Lipinski definition) is 4. The molecule has 0 atom stereocenters. The van der Waals surface area contributed by atoms with Gasteiger partial charge in [-0.25, -0.2) is 0 Å². The third-order valence-electron chi connectivity index (χ3n) is 2.12. The Morgan fingerprint density at radius 1 is 1.60 bits per heavy atom. The molecule has 5 nitrogen and oxygen atoms in total. The monoisotopic (exact) mass is 204 g/mol. The summed E-state index contributed by atoms with van der Waals surface area (Å²) in [5.74, 6) is 0.236. The van der Waals surface area contributed by atoms with Crippen molar-refractivity contribution in [2.75, 3.05) is 18.1 Å². The smallest absolute Gasteiger partial charge is 0.265 e. The molecule has 1 amide bonds. The van der Waals surface area contributed by atoms with Crippen molar-refractivity contribution < 1.29 is 14.6 Å². The van der Waals surface area contributed by atoms with Crippen molar-refractivity contribution in [2.24, 2.45) is 0 Å². The van der Waals surface area contributed by atoms with E-state index in [2.05, 4.69) is 0 Å². The second-order valence-corrected chi connectivity index (χ2v) is 3.08. The molecule has 1 N–H and O–H groups in total. The predicted molar refractivity (Wildman–Crippen MR) is 51.6 cm³/mol. The van der Waals surface area contributed by atoms with Crippen LogP contribution < -0.4 is 9.64 Å². The summed E-state index contributed by atoms with van der Waals surface area (Å²) in [6.07, 6.45) is 0. The molecule has 1 aliphatic rings. The van der Waals surface area contributed by atoms with E-state index in [0.717, 1.165) is 0 Å². The van der Waals surface area contributed by atoms with Gasteiger partial charge in [0.2, 0.25) is 0 Å². The number of phenolic OH excluding ortho intramolecular Hbond substituents is 1. The molecule has 0 spiro atoms. The molecule has 2 rings (SSSR count). The predicted octanol–water partition coefficient (Wildman–Crippen LogP) is 0.641. The summed E-state index contributed by atoms with van der Waals surface area (Å²) >= 11 is 0. The normalized spacial score (nSPS) is 14.1. The average Bonchev–Trinajstić information content (AvgIpc) is 2.22. The quantitative estimate of drug-likeness (QED) is 0.681. The molecule has 0 aliphatic carbocycles. The molecule has 0 unspecified atom stereocenters. The van der Waals surface area contributed by atoms with Gasteiger partial charge in [-0.15, -0.1) is 0 Å². The fraction of sp³-hybridized carbons (Fsp3) is 0.200. The van der Waals surface area contributed by atoms with Gasteiger partial charge >= 0.3 is 0 Å². The minimum atomic E-state index is -0.255. The van der Waals surface area contributed by atoms with E-state index < -0.39 is 0 Å². The number of phenols is 1. The number of hydrogen-bond donors (Lipinski definition) is 1. The number of nitrogens with zero attached hydrogens (tertiary/aromatic N) is 2. The van der Waals surface area contributed by atoms with E-state index in [4.69, 9.17) is 10.00 Å². The van der Waals surface area contributed by atoms with Crippen LogP contribution in [-0.4, -0.2) is 24.2 Å². The van der Waals surface area contributed by atoms with Gasteiger partial charge in [0.15, 0.2) is 6.61 Å². The number of amides is 1. The highest BCUT2D eigenvalue weighted by atomic mass is 16.5. The van der Waals surface area contributed by atoms with Crippen LogP contribution in [0.1, 0.15) is 0 Å². The van der Waals surface area contributed by atoms with Crippen molar-refractivity contribution in [3.8, 4) is 17.6 Å². The van der Waals surface area contributed by atoms with E-state index >= 15 is 0 Å². The number of nitriles is 1. The van der Waals surface area contributed by atoms with Crippen molar-refractivity contribution in [1.29, 1.82) is 5.26 Å². The van der Waals surface area contributed by atoms with Crippen molar-refractivity contribution >= 4 is 11.6 Å². The van der Waals surface area contributed by atoms with Crippen LogP contribution in [0.25, 0.3) is 0 Å². The second-order valence-electron chi connectivity index (χ2n) is 3.08. The van der Waals surface area contributed by atoms with E-state index in [0.29, 0.717) is 11.4 Å². The highest BCUT2D eigenvalue weighted by molar-refractivity contribution is 5.98. The molecular weight excluding hydrogens is 196 g/mol. The summed E-state index contributed by atoms with van der Waals surface area (Å²) in [5.41, 5.74) is 0.519. The summed E-state index contributed by atoms with van der Waals surface area (Å²) in [6.45, 7) is -0.113. The summed E-state index contributed by atoms with van der Waals surface area (Å²) in [7, 11) is 0. The Bertz CT molecular complexity index is 450. The van der Waals surface area contributed by atoms with Crippen LogP contribution in [0.4, 0.5) is 5.69 Å². The van der Waals surface area contributed by atoms with Crippen LogP contribution in [-0.2, 0) is 4.79 Å². The van der Waals surface area contributed by atoms with E-state index in [1.165, 1.54) is 17.0 Å². The number of carbonyl (C=O) groups excluding carboxylic acids is 1. The molecule has 0 radical (unpaired) electrons. The molecule has 76 valence electrons. The van der Waals surface area contributed by atoms with E-state index in [1.54, 1.807) is 6.07 Å². The summed E-state index contributed by atoms with van der Waals surface area (Å²) in [6, 6.07) is 6.34. The van der Waals surface area contributed by atoms with Crippen LogP contribution in [0.15, 0.2) is 18.2 Å². The van der Waals surface area contributed by atoms with Gasteiger partial charge in [-0.2, -0.15) is 5.26 Å². The van der Waals surface area contributed by atoms with Crippen LogP contribution in [0.3, 0.4) is 0 Å². The zero-order valence-corrected chi connectivity index (χ0v) is 7.80. The first kappa shape index (κ1) is 9.34. The number of anilines is 1. The fourth-order valence-corrected chi connectivity index (χ4v) is 1.44. The highest BCUT2D eigenvalue weighted by Crippen LogP contribution is 2.34. The van der Waals surface area contributed by atoms with Gasteiger partial charge in [0.05, 0.1) is 11.8 Å². The molecule has 1 aliphatic heterocycles. The molecule has 0 saturated heterocycles. The molecule has 0 aromatic heterocycles.